The molecule has 8 nitrogen and oxygen atoms in total. The van der Waals surface area contributed by atoms with Crippen LogP contribution in [-0.2, 0) is 10.0 Å². The molecule has 1 aliphatic carbocycles. The molecule has 1 fully saturated rings. The Labute approximate surface area is 123 Å². The average Bonchev–Trinajstić information content (AvgIpc) is 3.27. The first-order valence-corrected chi connectivity index (χ1v) is 8.09. The molecule has 1 aliphatic rings. The standard InChI is InChI=1S/C12H18N4O4S/c1-2-15(8-9-3-4-9)21(19,20)12-6-5-10(16(17)18)7-11(12)14-13/h5-7,9,14H,2-4,8,13H2,1H3. The SMILES string of the molecule is CCN(CC1CC1)S(=O)(=O)c1ccc([N+](=O)[O-])cc1NN. The van der Waals surface area contributed by atoms with Gasteiger partial charge in [-0.05, 0) is 24.8 Å². The number of nitrogen functional groups attached to an aromatic ring is 1. The largest absolute Gasteiger partial charge is 0.323 e. The minimum absolute atomic E-state index is 0.0263. The zero-order valence-corrected chi connectivity index (χ0v) is 12.5. The van der Waals surface area contributed by atoms with Crippen molar-refractivity contribution in [2.75, 3.05) is 18.5 Å². The zero-order valence-electron chi connectivity index (χ0n) is 11.7. The van der Waals surface area contributed by atoms with Crippen LogP contribution in [0.15, 0.2) is 23.1 Å². The minimum atomic E-state index is -3.72. The summed E-state index contributed by atoms with van der Waals surface area (Å²) in [5, 5.41) is 10.8. The molecule has 0 atom stereocenters. The van der Waals surface area contributed by atoms with E-state index in [2.05, 4.69) is 5.43 Å². The van der Waals surface area contributed by atoms with Gasteiger partial charge in [-0.25, -0.2) is 8.42 Å². The van der Waals surface area contributed by atoms with Gasteiger partial charge in [-0.1, -0.05) is 6.92 Å². The van der Waals surface area contributed by atoms with Crippen LogP contribution in [0.1, 0.15) is 19.8 Å². The van der Waals surface area contributed by atoms with E-state index in [0.717, 1.165) is 18.9 Å². The van der Waals surface area contributed by atoms with E-state index in [1.54, 1.807) is 6.92 Å². The summed E-state index contributed by atoms with van der Waals surface area (Å²) in [5.74, 6) is 5.73. The summed E-state index contributed by atoms with van der Waals surface area (Å²) < 4.78 is 26.7. The van der Waals surface area contributed by atoms with Crippen LogP contribution in [0.2, 0.25) is 0 Å². The van der Waals surface area contributed by atoms with Gasteiger partial charge in [0.05, 0.1) is 10.6 Å². The Morgan fingerprint density at radius 1 is 1.48 bits per heavy atom. The molecule has 3 N–H and O–H groups in total. The molecule has 9 heteroatoms. The molecular formula is C12H18N4O4S. The summed E-state index contributed by atoms with van der Waals surface area (Å²) >= 11 is 0. The molecule has 0 unspecified atom stereocenters. The van der Waals surface area contributed by atoms with E-state index in [9.17, 15) is 18.5 Å². The van der Waals surface area contributed by atoms with Gasteiger partial charge in [0.2, 0.25) is 10.0 Å². The number of hydrazine groups is 1. The van der Waals surface area contributed by atoms with Gasteiger partial charge in [0, 0.05) is 25.2 Å². The highest BCUT2D eigenvalue weighted by Gasteiger charge is 2.32. The van der Waals surface area contributed by atoms with E-state index in [1.165, 1.54) is 16.4 Å². The Balaban J connectivity index is 2.40. The first-order valence-electron chi connectivity index (χ1n) is 6.65. The number of nitrogens with two attached hydrogens (primary N) is 1. The van der Waals surface area contributed by atoms with Crippen LogP contribution in [0, 0.1) is 16.0 Å². The third kappa shape index (κ3) is 3.31. The quantitative estimate of drug-likeness (QED) is 0.445. The minimum Gasteiger partial charge on any atom is -0.323 e. The molecule has 0 saturated heterocycles. The lowest BCUT2D eigenvalue weighted by atomic mass is 10.3. The lowest BCUT2D eigenvalue weighted by molar-refractivity contribution is -0.384. The van der Waals surface area contributed by atoms with Gasteiger partial charge in [0.1, 0.15) is 4.90 Å². The van der Waals surface area contributed by atoms with Crippen molar-refractivity contribution >= 4 is 21.4 Å². The monoisotopic (exact) mass is 314 g/mol. The zero-order chi connectivity index (χ0) is 15.6. The highest BCUT2D eigenvalue weighted by Crippen LogP contribution is 2.33. The van der Waals surface area contributed by atoms with Gasteiger partial charge in [-0.3, -0.25) is 16.0 Å². The van der Waals surface area contributed by atoms with Crippen molar-refractivity contribution in [2.45, 2.75) is 24.7 Å². The second-order valence-electron chi connectivity index (χ2n) is 4.98. The number of hydrogen-bond donors (Lipinski definition) is 2. The van der Waals surface area contributed by atoms with E-state index in [4.69, 9.17) is 5.84 Å². The molecule has 1 saturated carbocycles. The number of nitrogens with one attached hydrogen (secondary N) is 1. The lowest BCUT2D eigenvalue weighted by Gasteiger charge is -2.21. The van der Waals surface area contributed by atoms with Crippen LogP contribution in [0.3, 0.4) is 0 Å². The second kappa shape index (κ2) is 5.96. The number of benzene rings is 1. The topological polar surface area (TPSA) is 119 Å². The van der Waals surface area contributed by atoms with Gasteiger partial charge in [-0.2, -0.15) is 4.31 Å². The maximum absolute atomic E-state index is 12.6. The Morgan fingerprint density at radius 3 is 2.62 bits per heavy atom. The van der Waals surface area contributed by atoms with Gasteiger partial charge in [0.25, 0.3) is 5.69 Å². The second-order valence-corrected chi connectivity index (χ2v) is 6.89. The number of anilines is 1. The first kappa shape index (κ1) is 15.7. The van der Waals surface area contributed by atoms with E-state index in [1.807, 2.05) is 0 Å². The third-order valence-corrected chi connectivity index (χ3v) is 5.46. The first-order chi connectivity index (χ1) is 9.90. The van der Waals surface area contributed by atoms with Gasteiger partial charge >= 0.3 is 0 Å². The van der Waals surface area contributed by atoms with E-state index in [0.29, 0.717) is 19.0 Å². The predicted molar refractivity (Wildman–Crippen MR) is 78.1 cm³/mol. The summed E-state index contributed by atoms with van der Waals surface area (Å²) in [7, 11) is -3.72. The maximum Gasteiger partial charge on any atom is 0.271 e. The summed E-state index contributed by atoms with van der Waals surface area (Å²) in [4.78, 5) is 10.1. The fourth-order valence-electron chi connectivity index (χ4n) is 2.09. The molecular weight excluding hydrogens is 296 g/mol. The Morgan fingerprint density at radius 2 is 2.14 bits per heavy atom. The Hall–Kier alpha value is -1.71. The van der Waals surface area contributed by atoms with Crippen LogP contribution in [0.25, 0.3) is 0 Å². The molecule has 0 radical (unpaired) electrons. The van der Waals surface area contributed by atoms with E-state index >= 15 is 0 Å². The van der Waals surface area contributed by atoms with Crippen molar-refractivity contribution in [1.29, 1.82) is 0 Å². The van der Waals surface area contributed by atoms with E-state index in [-0.39, 0.29) is 16.3 Å². The molecule has 1 aromatic carbocycles. The molecule has 21 heavy (non-hydrogen) atoms. The number of nitro groups is 1. The molecule has 0 bridgehead atoms. The van der Waals surface area contributed by atoms with Crippen LogP contribution < -0.4 is 11.3 Å². The molecule has 0 amide bonds. The Bertz CT molecular complexity index is 643. The van der Waals surface area contributed by atoms with Crippen molar-refractivity contribution < 1.29 is 13.3 Å². The maximum atomic E-state index is 12.6. The summed E-state index contributed by atoms with van der Waals surface area (Å²) in [6.45, 7) is 2.58. The normalized spacial score (nSPS) is 15.2. The highest BCUT2D eigenvalue weighted by molar-refractivity contribution is 7.89. The number of nitrogens with zero attached hydrogens (tertiary/aromatic N) is 2. The van der Waals surface area contributed by atoms with Gasteiger partial charge < -0.3 is 5.43 Å². The van der Waals surface area contributed by atoms with Crippen LogP contribution in [0.4, 0.5) is 11.4 Å². The van der Waals surface area contributed by atoms with Crippen LogP contribution >= 0.6 is 0 Å². The lowest BCUT2D eigenvalue weighted by Crippen LogP contribution is -2.33. The molecule has 0 heterocycles. The summed E-state index contributed by atoms with van der Waals surface area (Å²) in [5.41, 5.74) is 2.05. The van der Waals surface area contributed by atoms with E-state index < -0.39 is 14.9 Å². The van der Waals surface area contributed by atoms with Crippen LogP contribution in [-0.4, -0.2) is 30.7 Å². The molecule has 2 rings (SSSR count). The number of non-ortho nitro benzene ring substituents is 1. The van der Waals surface area contributed by atoms with Crippen molar-refractivity contribution in [3.05, 3.63) is 28.3 Å². The average molecular weight is 314 g/mol. The molecule has 0 spiro atoms. The fourth-order valence-corrected chi connectivity index (χ4v) is 3.75. The smallest absolute Gasteiger partial charge is 0.271 e. The van der Waals surface area contributed by atoms with Crippen molar-refractivity contribution in [3.8, 4) is 0 Å². The molecule has 0 aliphatic heterocycles. The number of sulfonamides is 1. The molecule has 0 aromatic heterocycles. The van der Waals surface area contributed by atoms with Crippen molar-refractivity contribution in [1.82, 2.24) is 4.31 Å². The van der Waals surface area contributed by atoms with Crippen molar-refractivity contribution in [3.63, 3.8) is 0 Å². The van der Waals surface area contributed by atoms with Gasteiger partial charge in [-0.15, -0.1) is 0 Å². The Kier molecular flexibility index (Phi) is 4.45. The number of hydrogen-bond acceptors (Lipinski definition) is 6. The summed E-state index contributed by atoms with van der Waals surface area (Å²) in [6, 6.07) is 3.51. The third-order valence-electron chi connectivity index (χ3n) is 3.46. The predicted octanol–water partition coefficient (Wildman–Crippen LogP) is 1.30. The summed E-state index contributed by atoms with van der Waals surface area (Å²) in [6.07, 6.45) is 2.07. The number of rotatable bonds is 7. The number of nitro benzene ring substituents is 1. The molecule has 1 aromatic rings. The fraction of sp³-hybridized carbons (Fsp3) is 0.500. The van der Waals surface area contributed by atoms with Gasteiger partial charge in [0.15, 0.2) is 0 Å². The van der Waals surface area contributed by atoms with Crippen LogP contribution in [0.5, 0.6) is 0 Å². The molecule has 116 valence electrons. The van der Waals surface area contributed by atoms with Crippen molar-refractivity contribution in [2.24, 2.45) is 11.8 Å². The highest BCUT2D eigenvalue weighted by atomic mass is 32.2.